The van der Waals surface area contributed by atoms with Crippen molar-refractivity contribution in [2.45, 2.75) is 0 Å². The minimum Gasteiger partial charge on any atom is -0.378 e. The fraction of sp³-hybridized carbons (Fsp3) is 0.217. The van der Waals surface area contributed by atoms with Gasteiger partial charge in [-0.3, -0.25) is 9.78 Å². The number of pyridine rings is 2. The van der Waals surface area contributed by atoms with Gasteiger partial charge in [0.25, 0.3) is 5.91 Å². The average Bonchev–Trinajstić information content (AvgIpc) is 2.84. The zero-order valence-corrected chi connectivity index (χ0v) is 18.2. The molecule has 0 saturated carbocycles. The summed E-state index contributed by atoms with van der Waals surface area (Å²) in [6.07, 6.45) is 4.81. The monoisotopic (exact) mass is 447 g/mol. The zero-order chi connectivity index (χ0) is 23.2. The number of amides is 3. The van der Waals surface area contributed by atoms with E-state index in [4.69, 9.17) is 10.5 Å². The third-order valence-electron chi connectivity index (χ3n) is 5.23. The molecular formula is C23H25N7O3. The van der Waals surface area contributed by atoms with E-state index >= 15 is 0 Å². The molecule has 0 bridgehead atoms. The number of carbonyl (C=O) groups excluding carboxylic acids is 2. The second-order valence-corrected chi connectivity index (χ2v) is 7.46. The van der Waals surface area contributed by atoms with Gasteiger partial charge >= 0.3 is 6.03 Å². The van der Waals surface area contributed by atoms with Gasteiger partial charge in [-0.1, -0.05) is 6.07 Å². The molecule has 0 radical (unpaired) electrons. The highest BCUT2D eigenvalue weighted by Crippen LogP contribution is 2.29. The molecule has 4 rings (SSSR count). The molecule has 2 aromatic heterocycles. The first-order valence-corrected chi connectivity index (χ1v) is 10.5. The Morgan fingerprint density at radius 2 is 1.88 bits per heavy atom. The summed E-state index contributed by atoms with van der Waals surface area (Å²) in [5.41, 5.74) is 8.62. The van der Waals surface area contributed by atoms with Gasteiger partial charge in [0.05, 0.1) is 36.3 Å². The highest BCUT2D eigenvalue weighted by molar-refractivity contribution is 5.99. The largest absolute Gasteiger partial charge is 0.378 e. The fourth-order valence-corrected chi connectivity index (χ4v) is 3.46. The summed E-state index contributed by atoms with van der Waals surface area (Å²) in [7, 11) is 1.82. The number of urea groups is 1. The number of aromatic nitrogens is 2. The number of ether oxygens (including phenoxy) is 1. The molecule has 4 N–H and O–H groups in total. The lowest BCUT2D eigenvalue weighted by molar-refractivity contribution is 0.0564. The molecule has 0 spiro atoms. The number of rotatable bonds is 6. The predicted molar refractivity (Wildman–Crippen MR) is 126 cm³/mol. The first kappa shape index (κ1) is 22.0. The van der Waals surface area contributed by atoms with Crippen molar-refractivity contribution in [2.75, 3.05) is 48.9 Å². The van der Waals surface area contributed by atoms with Gasteiger partial charge in [-0.05, 0) is 30.3 Å². The Balaban J connectivity index is 1.53. The van der Waals surface area contributed by atoms with Gasteiger partial charge in [-0.25, -0.2) is 9.78 Å². The Morgan fingerprint density at radius 3 is 2.61 bits per heavy atom. The maximum Gasteiger partial charge on any atom is 0.322 e. The van der Waals surface area contributed by atoms with Crippen LogP contribution in [0.15, 0.2) is 61.1 Å². The molecule has 0 atom stereocenters. The minimum absolute atomic E-state index is 0.167. The molecule has 1 saturated heterocycles. The van der Waals surface area contributed by atoms with E-state index in [1.807, 2.05) is 48.3 Å². The van der Waals surface area contributed by atoms with Crippen molar-refractivity contribution in [3.05, 3.63) is 66.6 Å². The number of carbonyl (C=O) groups is 2. The Bertz CT molecular complexity index is 1130. The van der Waals surface area contributed by atoms with Crippen LogP contribution in [0.3, 0.4) is 0 Å². The second-order valence-electron chi connectivity index (χ2n) is 7.46. The van der Waals surface area contributed by atoms with E-state index in [0.717, 1.165) is 11.4 Å². The number of nitrogens with zero attached hydrogens (tertiary/aromatic N) is 4. The third kappa shape index (κ3) is 5.36. The van der Waals surface area contributed by atoms with Crippen molar-refractivity contribution in [2.24, 2.45) is 5.73 Å². The van der Waals surface area contributed by atoms with Crippen molar-refractivity contribution in [3.8, 4) is 0 Å². The Labute approximate surface area is 191 Å². The van der Waals surface area contributed by atoms with Crippen molar-refractivity contribution in [1.82, 2.24) is 14.9 Å². The molecule has 170 valence electrons. The second kappa shape index (κ2) is 9.96. The average molecular weight is 447 g/mol. The number of anilines is 5. The first-order chi connectivity index (χ1) is 16.0. The molecule has 10 heteroatoms. The number of hydrogen-bond acceptors (Lipinski definition) is 7. The number of nitrogens with one attached hydrogen (secondary N) is 2. The lowest BCUT2D eigenvalue weighted by Crippen LogP contribution is -2.43. The molecule has 3 aromatic rings. The van der Waals surface area contributed by atoms with Crippen LogP contribution < -0.4 is 21.3 Å². The van der Waals surface area contributed by atoms with Crippen LogP contribution in [-0.2, 0) is 4.74 Å². The Morgan fingerprint density at radius 1 is 1.09 bits per heavy atom. The number of hydrogen-bond donors (Lipinski definition) is 3. The molecule has 1 fully saturated rings. The van der Waals surface area contributed by atoms with Crippen LogP contribution in [-0.4, -0.2) is 60.2 Å². The van der Waals surface area contributed by atoms with Gasteiger partial charge < -0.3 is 30.9 Å². The fourth-order valence-electron chi connectivity index (χ4n) is 3.46. The van der Waals surface area contributed by atoms with E-state index in [1.165, 1.54) is 6.20 Å². The van der Waals surface area contributed by atoms with Gasteiger partial charge in [0.15, 0.2) is 0 Å². The van der Waals surface area contributed by atoms with Crippen molar-refractivity contribution in [1.29, 1.82) is 0 Å². The molecule has 1 aromatic carbocycles. The third-order valence-corrected chi connectivity index (χ3v) is 5.23. The predicted octanol–water partition coefficient (Wildman–Crippen LogP) is 2.95. The molecule has 33 heavy (non-hydrogen) atoms. The molecule has 3 heterocycles. The van der Waals surface area contributed by atoms with E-state index in [1.54, 1.807) is 23.4 Å². The van der Waals surface area contributed by atoms with Crippen LogP contribution in [0.2, 0.25) is 0 Å². The van der Waals surface area contributed by atoms with Crippen LogP contribution in [0.4, 0.5) is 33.4 Å². The van der Waals surface area contributed by atoms with Crippen molar-refractivity contribution >= 4 is 40.5 Å². The smallest absolute Gasteiger partial charge is 0.322 e. The summed E-state index contributed by atoms with van der Waals surface area (Å²) < 4.78 is 5.29. The number of benzene rings is 1. The van der Waals surface area contributed by atoms with Gasteiger partial charge in [0, 0.05) is 50.0 Å². The summed E-state index contributed by atoms with van der Waals surface area (Å²) >= 11 is 0. The summed E-state index contributed by atoms with van der Waals surface area (Å²) in [5.74, 6) is -0.0602. The standard InChI is InChI=1S/C23H25N7O3/c1-29(18-6-3-7-25-14-18)20-13-21(26-15-19(20)22(24)31)27-16-4-2-5-17(12-16)28-23(32)30-8-10-33-11-9-30/h2-7,12-15H,8-11H2,1H3,(H2,24,31)(H,26,27)(H,28,32). The highest BCUT2D eigenvalue weighted by Gasteiger charge is 2.18. The molecule has 3 amide bonds. The van der Waals surface area contributed by atoms with E-state index in [0.29, 0.717) is 49.1 Å². The van der Waals surface area contributed by atoms with Crippen LogP contribution in [0.5, 0.6) is 0 Å². The molecular weight excluding hydrogens is 422 g/mol. The van der Waals surface area contributed by atoms with E-state index in [2.05, 4.69) is 20.6 Å². The summed E-state index contributed by atoms with van der Waals surface area (Å²) in [5, 5.41) is 6.13. The van der Waals surface area contributed by atoms with Crippen molar-refractivity contribution in [3.63, 3.8) is 0 Å². The highest BCUT2D eigenvalue weighted by atomic mass is 16.5. The number of nitrogens with two attached hydrogens (primary N) is 1. The summed E-state index contributed by atoms with van der Waals surface area (Å²) in [6.45, 7) is 2.20. The Kier molecular flexibility index (Phi) is 6.65. The van der Waals surface area contributed by atoms with Gasteiger partial charge in [-0.2, -0.15) is 0 Å². The minimum atomic E-state index is -0.576. The van der Waals surface area contributed by atoms with Gasteiger partial charge in [0.1, 0.15) is 5.82 Å². The topological polar surface area (TPSA) is 126 Å². The molecule has 1 aliphatic rings. The quantitative estimate of drug-likeness (QED) is 0.530. The molecule has 0 aliphatic carbocycles. The van der Waals surface area contributed by atoms with Crippen LogP contribution in [0, 0.1) is 0 Å². The van der Waals surface area contributed by atoms with Crippen LogP contribution in [0.1, 0.15) is 10.4 Å². The maximum absolute atomic E-state index is 12.5. The zero-order valence-electron chi connectivity index (χ0n) is 18.2. The lowest BCUT2D eigenvalue weighted by Gasteiger charge is -2.27. The molecule has 0 unspecified atom stereocenters. The number of primary amides is 1. The normalized spacial score (nSPS) is 13.3. The van der Waals surface area contributed by atoms with E-state index in [-0.39, 0.29) is 6.03 Å². The van der Waals surface area contributed by atoms with Crippen LogP contribution >= 0.6 is 0 Å². The summed E-state index contributed by atoms with van der Waals surface area (Å²) in [4.78, 5) is 36.4. The lowest BCUT2D eigenvalue weighted by atomic mass is 10.2. The van der Waals surface area contributed by atoms with Gasteiger partial charge in [0.2, 0.25) is 0 Å². The first-order valence-electron chi connectivity index (χ1n) is 10.5. The van der Waals surface area contributed by atoms with Crippen molar-refractivity contribution < 1.29 is 14.3 Å². The maximum atomic E-state index is 12.5. The SMILES string of the molecule is CN(c1cccnc1)c1cc(Nc2cccc(NC(=O)N3CCOCC3)c2)ncc1C(N)=O. The molecule has 1 aliphatic heterocycles. The summed E-state index contributed by atoms with van der Waals surface area (Å²) in [6, 6.07) is 12.6. The molecule has 10 nitrogen and oxygen atoms in total. The Hall–Kier alpha value is -4.18. The van der Waals surface area contributed by atoms with Crippen LogP contribution in [0.25, 0.3) is 0 Å². The van der Waals surface area contributed by atoms with E-state index in [9.17, 15) is 9.59 Å². The van der Waals surface area contributed by atoms with E-state index < -0.39 is 5.91 Å². The van der Waals surface area contributed by atoms with Gasteiger partial charge in [-0.15, -0.1) is 0 Å². The number of morpholine rings is 1.